The number of methoxy groups -OCH3 is 2. The van der Waals surface area contributed by atoms with Gasteiger partial charge in [0.1, 0.15) is 12.4 Å². The number of nitrogens with one attached hydrogen (secondary N) is 1. The van der Waals surface area contributed by atoms with Crippen LogP contribution in [-0.2, 0) is 6.61 Å². The molecule has 0 aromatic heterocycles. The summed E-state index contributed by atoms with van der Waals surface area (Å²) in [5, 5.41) is 4.06. The fourth-order valence-electron chi connectivity index (χ4n) is 2.83. The molecule has 0 saturated carbocycles. The minimum Gasteiger partial charge on any atom is -0.496 e. The molecular formula is C24H22BrIN2O4. The van der Waals surface area contributed by atoms with Crippen LogP contribution in [-0.4, -0.2) is 26.3 Å². The summed E-state index contributed by atoms with van der Waals surface area (Å²) in [5.41, 5.74) is 5.97. The predicted octanol–water partition coefficient (Wildman–Crippen LogP) is 5.72. The Kier molecular flexibility index (Phi) is 8.52. The van der Waals surface area contributed by atoms with Crippen LogP contribution in [0, 0.1) is 10.5 Å². The Hall–Kier alpha value is -2.59. The molecule has 166 valence electrons. The van der Waals surface area contributed by atoms with E-state index in [1.807, 2.05) is 43.3 Å². The fraction of sp³-hybridized carbons (Fsp3) is 0.167. The first kappa shape index (κ1) is 24.1. The number of benzene rings is 3. The Labute approximate surface area is 209 Å². The van der Waals surface area contributed by atoms with Gasteiger partial charge in [-0.25, -0.2) is 5.43 Å². The molecule has 0 spiro atoms. The van der Waals surface area contributed by atoms with Crippen molar-refractivity contribution in [3.8, 4) is 17.2 Å². The molecule has 0 heterocycles. The number of hydrogen-bond donors (Lipinski definition) is 1. The van der Waals surface area contributed by atoms with Crippen LogP contribution in [0.4, 0.5) is 0 Å². The number of carbonyl (C=O) groups is 1. The third-order valence-electron chi connectivity index (χ3n) is 4.55. The van der Waals surface area contributed by atoms with Crippen molar-refractivity contribution in [3.05, 3.63) is 84.9 Å². The van der Waals surface area contributed by atoms with Crippen LogP contribution in [0.25, 0.3) is 0 Å². The Bertz CT molecular complexity index is 1130. The third-order valence-corrected chi connectivity index (χ3v) is 6.03. The number of carbonyl (C=O) groups excluding carboxylic acids is 1. The Morgan fingerprint density at radius 3 is 2.47 bits per heavy atom. The monoisotopic (exact) mass is 608 g/mol. The highest BCUT2D eigenvalue weighted by atomic mass is 127. The lowest BCUT2D eigenvalue weighted by Gasteiger charge is -2.13. The highest BCUT2D eigenvalue weighted by molar-refractivity contribution is 14.1. The maximum atomic E-state index is 12.4. The zero-order valence-electron chi connectivity index (χ0n) is 17.8. The SMILES string of the molecule is COc1cc(C(=O)N/N=C\c2cc(Br)c(OCc3ccc(C)cc3)c(OC)c2)ccc1I. The van der Waals surface area contributed by atoms with Gasteiger partial charge >= 0.3 is 0 Å². The first-order chi connectivity index (χ1) is 15.4. The largest absolute Gasteiger partial charge is 0.496 e. The number of nitrogens with zero attached hydrogens (tertiary/aromatic N) is 1. The lowest BCUT2D eigenvalue weighted by molar-refractivity contribution is 0.0954. The minimum atomic E-state index is -0.333. The number of rotatable bonds is 8. The van der Waals surface area contributed by atoms with E-state index < -0.39 is 0 Å². The van der Waals surface area contributed by atoms with E-state index in [1.54, 1.807) is 38.6 Å². The molecule has 1 N–H and O–H groups in total. The Balaban J connectivity index is 1.69. The molecule has 32 heavy (non-hydrogen) atoms. The van der Waals surface area contributed by atoms with Gasteiger partial charge in [0.25, 0.3) is 5.91 Å². The van der Waals surface area contributed by atoms with Crippen LogP contribution in [0.1, 0.15) is 27.0 Å². The molecule has 0 unspecified atom stereocenters. The van der Waals surface area contributed by atoms with Crippen LogP contribution >= 0.6 is 38.5 Å². The number of hydrogen-bond acceptors (Lipinski definition) is 5. The minimum absolute atomic E-state index is 0.333. The molecule has 0 aliphatic rings. The van der Waals surface area contributed by atoms with Crippen molar-refractivity contribution in [1.29, 1.82) is 0 Å². The van der Waals surface area contributed by atoms with Crippen molar-refractivity contribution < 1.29 is 19.0 Å². The molecule has 0 radical (unpaired) electrons. The summed E-state index contributed by atoms with van der Waals surface area (Å²) in [4.78, 5) is 12.4. The number of aryl methyl sites for hydroxylation is 1. The topological polar surface area (TPSA) is 69.2 Å². The summed E-state index contributed by atoms with van der Waals surface area (Å²) in [6, 6.07) is 17.0. The smallest absolute Gasteiger partial charge is 0.271 e. The molecule has 0 fully saturated rings. The van der Waals surface area contributed by atoms with Crippen molar-refractivity contribution in [2.24, 2.45) is 5.10 Å². The van der Waals surface area contributed by atoms with Crippen molar-refractivity contribution >= 4 is 50.6 Å². The molecule has 0 aliphatic carbocycles. The predicted molar refractivity (Wildman–Crippen MR) is 137 cm³/mol. The fourth-order valence-corrected chi connectivity index (χ4v) is 3.96. The van der Waals surface area contributed by atoms with Crippen molar-refractivity contribution in [2.45, 2.75) is 13.5 Å². The summed E-state index contributed by atoms with van der Waals surface area (Å²) in [5.74, 6) is 1.46. The molecule has 6 nitrogen and oxygen atoms in total. The number of hydrazone groups is 1. The molecule has 0 aliphatic heterocycles. The van der Waals surface area contributed by atoms with E-state index in [2.05, 4.69) is 49.0 Å². The third kappa shape index (κ3) is 6.23. The average molecular weight is 609 g/mol. The van der Waals surface area contributed by atoms with Gasteiger partial charge in [-0.05, 0) is 86.9 Å². The van der Waals surface area contributed by atoms with E-state index in [1.165, 1.54) is 5.56 Å². The van der Waals surface area contributed by atoms with Gasteiger partial charge in [0, 0.05) is 5.56 Å². The number of amides is 1. The molecule has 0 saturated heterocycles. The maximum Gasteiger partial charge on any atom is 0.271 e. The lowest BCUT2D eigenvalue weighted by Crippen LogP contribution is -2.17. The highest BCUT2D eigenvalue weighted by Crippen LogP contribution is 2.36. The van der Waals surface area contributed by atoms with Crippen molar-refractivity contribution in [1.82, 2.24) is 5.43 Å². The second-order valence-corrected chi connectivity index (χ2v) is 8.87. The summed E-state index contributed by atoms with van der Waals surface area (Å²) < 4.78 is 18.4. The van der Waals surface area contributed by atoms with Gasteiger partial charge in [0.15, 0.2) is 11.5 Å². The molecule has 0 atom stereocenters. The van der Waals surface area contributed by atoms with Crippen LogP contribution < -0.4 is 19.6 Å². The van der Waals surface area contributed by atoms with E-state index >= 15 is 0 Å². The summed E-state index contributed by atoms with van der Waals surface area (Å²) in [7, 11) is 3.14. The summed E-state index contributed by atoms with van der Waals surface area (Å²) >= 11 is 5.68. The summed E-state index contributed by atoms with van der Waals surface area (Å²) in [6.45, 7) is 2.46. The van der Waals surface area contributed by atoms with Gasteiger partial charge in [-0.1, -0.05) is 29.8 Å². The van der Waals surface area contributed by atoms with Crippen molar-refractivity contribution in [3.63, 3.8) is 0 Å². The van der Waals surface area contributed by atoms with E-state index in [9.17, 15) is 4.79 Å². The van der Waals surface area contributed by atoms with Crippen LogP contribution in [0.5, 0.6) is 17.2 Å². The quantitative estimate of drug-likeness (QED) is 0.202. The normalized spacial score (nSPS) is 10.8. The van der Waals surface area contributed by atoms with Crippen molar-refractivity contribution in [2.75, 3.05) is 14.2 Å². The molecule has 0 bridgehead atoms. The number of halogens is 2. The van der Waals surface area contributed by atoms with Gasteiger partial charge < -0.3 is 14.2 Å². The average Bonchev–Trinajstić information content (AvgIpc) is 2.79. The van der Waals surface area contributed by atoms with E-state index in [0.717, 1.165) is 19.2 Å². The van der Waals surface area contributed by atoms with Gasteiger partial charge in [0.05, 0.1) is 28.5 Å². The maximum absolute atomic E-state index is 12.4. The summed E-state index contributed by atoms with van der Waals surface area (Å²) in [6.07, 6.45) is 1.54. The molecule has 3 rings (SSSR count). The van der Waals surface area contributed by atoms with Crippen LogP contribution in [0.2, 0.25) is 0 Å². The molecule has 1 amide bonds. The Morgan fingerprint density at radius 1 is 1.06 bits per heavy atom. The molecule has 3 aromatic carbocycles. The Morgan fingerprint density at radius 2 is 1.78 bits per heavy atom. The highest BCUT2D eigenvalue weighted by Gasteiger charge is 2.12. The zero-order chi connectivity index (χ0) is 23.1. The van der Waals surface area contributed by atoms with Gasteiger partial charge in [-0.2, -0.15) is 5.10 Å². The van der Waals surface area contributed by atoms with E-state index in [-0.39, 0.29) is 5.91 Å². The second kappa shape index (κ2) is 11.3. The zero-order valence-corrected chi connectivity index (χ0v) is 21.6. The first-order valence-corrected chi connectivity index (χ1v) is 11.5. The second-order valence-electron chi connectivity index (χ2n) is 6.86. The first-order valence-electron chi connectivity index (χ1n) is 9.64. The van der Waals surface area contributed by atoms with E-state index in [4.69, 9.17) is 14.2 Å². The number of ether oxygens (including phenoxy) is 3. The van der Waals surface area contributed by atoms with E-state index in [0.29, 0.717) is 29.4 Å². The standard InChI is InChI=1S/C24H22BrIN2O4/c1-15-4-6-16(7-5-15)14-32-23-19(25)10-17(11-22(23)31-3)13-27-28-24(29)18-8-9-20(26)21(12-18)30-2/h4-13H,14H2,1-3H3,(H,28,29)/b27-13-. The molecular weight excluding hydrogens is 587 g/mol. The van der Waals surface area contributed by atoms with Gasteiger partial charge in [-0.15, -0.1) is 0 Å². The van der Waals surface area contributed by atoms with Crippen LogP contribution in [0.3, 0.4) is 0 Å². The lowest BCUT2D eigenvalue weighted by atomic mass is 10.2. The van der Waals surface area contributed by atoms with Crippen LogP contribution in [0.15, 0.2) is 64.2 Å². The molecule has 3 aromatic rings. The van der Waals surface area contributed by atoms with Gasteiger partial charge in [0.2, 0.25) is 0 Å². The molecule has 8 heteroatoms. The van der Waals surface area contributed by atoms with Gasteiger partial charge in [-0.3, -0.25) is 4.79 Å².